The van der Waals surface area contributed by atoms with Gasteiger partial charge in [-0.1, -0.05) is 0 Å². The lowest BCUT2D eigenvalue weighted by atomic mass is 10.0. The van der Waals surface area contributed by atoms with Crippen LogP contribution < -0.4 is 10.4 Å². The van der Waals surface area contributed by atoms with E-state index in [1.165, 1.54) is 6.92 Å². The zero-order valence-electron chi connectivity index (χ0n) is 11.7. The Morgan fingerprint density at radius 3 is 2.26 bits per heavy atom. The Bertz CT molecular complexity index is 928. The number of nitro groups is 2. The van der Waals surface area contributed by atoms with Gasteiger partial charge in [-0.3, -0.25) is 20.2 Å². The second-order valence-corrected chi connectivity index (χ2v) is 4.37. The Balaban J connectivity index is 3.17. The third-order valence-electron chi connectivity index (χ3n) is 3.15. The summed E-state index contributed by atoms with van der Waals surface area (Å²) in [5.41, 5.74) is -4.47. The van der Waals surface area contributed by atoms with Crippen LogP contribution >= 0.6 is 0 Å². The molecule has 0 aliphatic carbocycles. The number of carboxylic acids is 1. The Morgan fingerprint density at radius 2 is 1.83 bits per heavy atom. The summed E-state index contributed by atoms with van der Waals surface area (Å²) in [5.74, 6) is -2.31. The number of ether oxygens (including phenoxy) is 1. The van der Waals surface area contributed by atoms with Gasteiger partial charge < -0.3 is 14.3 Å². The molecule has 0 amide bonds. The van der Waals surface area contributed by atoms with Gasteiger partial charge in [-0.25, -0.2) is 9.59 Å². The SMILES string of the molecule is COc1c([N+](=O)[O-])c(C)c2cc(C(=O)O)c(=O)oc2c1[N+](=O)[O-]. The van der Waals surface area contributed by atoms with Gasteiger partial charge in [0.15, 0.2) is 0 Å². The minimum Gasteiger partial charge on any atom is -0.485 e. The summed E-state index contributed by atoms with van der Waals surface area (Å²) in [6.45, 7) is 1.23. The van der Waals surface area contributed by atoms with E-state index in [1.807, 2.05) is 0 Å². The van der Waals surface area contributed by atoms with Crippen molar-refractivity contribution in [2.45, 2.75) is 6.92 Å². The van der Waals surface area contributed by atoms with Crippen LogP contribution in [-0.2, 0) is 0 Å². The van der Waals surface area contributed by atoms with Crippen molar-refractivity contribution >= 4 is 28.3 Å². The predicted octanol–water partition coefficient (Wildman–Crippen LogP) is 1.62. The smallest absolute Gasteiger partial charge is 0.361 e. The lowest BCUT2D eigenvalue weighted by molar-refractivity contribution is -0.395. The van der Waals surface area contributed by atoms with Gasteiger partial charge in [0.2, 0.25) is 5.58 Å². The molecule has 1 heterocycles. The summed E-state index contributed by atoms with van der Waals surface area (Å²) in [7, 11) is 0.990. The van der Waals surface area contributed by atoms with Crippen LogP contribution in [0.5, 0.6) is 5.75 Å². The van der Waals surface area contributed by atoms with Gasteiger partial charge in [0.25, 0.3) is 5.75 Å². The molecule has 0 unspecified atom stereocenters. The first-order valence-corrected chi connectivity index (χ1v) is 5.91. The normalized spacial score (nSPS) is 10.5. The molecule has 0 aliphatic heterocycles. The molecule has 0 spiro atoms. The number of fused-ring (bicyclic) bond motifs is 1. The van der Waals surface area contributed by atoms with Gasteiger partial charge in [0.05, 0.1) is 17.0 Å². The fraction of sp³-hybridized carbons (Fsp3) is 0.167. The zero-order chi connectivity index (χ0) is 17.5. The summed E-state index contributed by atoms with van der Waals surface area (Å²) in [4.78, 5) is 43.2. The third-order valence-corrected chi connectivity index (χ3v) is 3.15. The molecule has 11 nitrogen and oxygen atoms in total. The number of carbonyl (C=O) groups is 1. The van der Waals surface area contributed by atoms with Crippen molar-refractivity contribution in [2.24, 2.45) is 0 Å². The maximum Gasteiger partial charge on any atom is 0.361 e. The first-order valence-electron chi connectivity index (χ1n) is 5.91. The molecule has 0 saturated carbocycles. The van der Waals surface area contributed by atoms with E-state index in [0.717, 1.165) is 13.2 Å². The molecule has 0 radical (unpaired) electrons. The number of hydrogen-bond donors (Lipinski definition) is 1. The average molecular weight is 324 g/mol. The Kier molecular flexibility index (Phi) is 3.70. The van der Waals surface area contributed by atoms with Crippen molar-refractivity contribution in [3.63, 3.8) is 0 Å². The number of nitrogens with zero attached hydrogens (tertiary/aromatic N) is 2. The number of benzene rings is 1. The van der Waals surface area contributed by atoms with Crippen LogP contribution in [0.15, 0.2) is 15.3 Å². The lowest BCUT2D eigenvalue weighted by Gasteiger charge is -2.09. The Morgan fingerprint density at radius 1 is 1.26 bits per heavy atom. The molecule has 1 aromatic heterocycles. The summed E-state index contributed by atoms with van der Waals surface area (Å²) in [5, 5.41) is 31.1. The summed E-state index contributed by atoms with van der Waals surface area (Å²) < 4.78 is 9.47. The monoisotopic (exact) mass is 324 g/mol. The number of carboxylic acid groups (broad SMARTS) is 1. The molecule has 1 aromatic carbocycles. The van der Waals surface area contributed by atoms with Crippen molar-refractivity contribution in [3.05, 3.63) is 47.8 Å². The van der Waals surface area contributed by atoms with E-state index < -0.39 is 49.7 Å². The highest BCUT2D eigenvalue weighted by Crippen LogP contribution is 2.45. The molecule has 2 aromatic rings. The van der Waals surface area contributed by atoms with Gasteiger partial charge in [-0.05, 0) is 13.0 Å². The molecular formula is C12H8N2O9. The first kappa shape index (κ1) is 15.9. The average Bonchev–Trinajstić information content (AvgIpc) is 2.44. The molecule has 0 fully saturated rings. The summed E-state index contributed by atoms with van der Waals surface area (Å²) in [6.07, 6.45) is 0. The molecule has 0 aliphatic rings. The fourth-order valence-electron chi connectivity index (χ4n) is 2.17. The van der Waals surface area contributed by atoms with Crippen LogP contribution in [0.4, 0.5) is 11.4 Å². The van der Waals surface area contributed by atoms with Crippen LogP contribution in [0.1, 0.15) is 15.9 Å². The highest BCUT2D eigenvalue weighted by Gasteiger charge is 2.35. The second-order valence-electron chi connectivity index (χ2n) is 4.37. The quantitative estimate of drug-likeness (QED) is 0.500. The Hall–Kier alpha value is -3.50. The third kappa shape index (κ3) is 2.33. The maximum absolute atomic E-state index is 11.6. The van der Waals surface area contributed by atoms with Gasteiger partial charge in [0, 0.05) is 10.9 Å². The molecule has 1 N–H and O–H groups in total. The minimum absolute atomic E-state index is 0.126. The van der Waals surface area contributed by atoms with Crippen LogP contribution in [-0.4, -0.2) is 28.0 Å². The molecular weight excluding hydrogens is 316 g/mol. The van der Waals surface area contributed by atoms with Gasteiger partial charge >= 0.3 is 23.0 Å². The number of aryl methyl sites for hydroxylation is 1. The van der Waals surface area contributed by atoms with Crippen molar-refractivity contribution in [1.29, 1.82) is 0 Å². The largest absolute Gasteiger partial charge is 0.485 e. The Labute approximate surface area is 126 Å². The number of aromatic carboxylic acids is 1. The molecule has 2 rings (SSSR count). The zero-order valence-corrected chi connectivity index (χ0v) is 11.7. The molecule has 0 atom stereocenters. The summed E-state index contributed by atoms with van der Waals surface area (Å²) >= 11 is 0. The number of methoxy groups -OCH3 is 1. The van der Waals surface area contributed by atoms with Gasteiger partial charge in [-0.2, -0.15) is 0 Å². The number of rotatable bonds is 4. The van der Waals surface area contributed by atoms with Crippen molar-refractivity contribution in [2.75, 3.05) is 7.11 Å². The van der Waals surface area contributed by atoms with E-state index in [-0.39, 0.29) is 10.9 Å². The lowest BCUT2D eigenvalue weighted by Crippen LogP contribution is -2.14. The van der Waals surface area contributed by atoms with Crippen LogP contribution in [0, 0.1) is 27.2 Å². The highest BCUT2D eigenvalue weighted by molar-refractivity contribution is 5.99. The van der Waals surface area contributed by atoms with E-state index in [9.17, 15) is 29.8 Å². The van der Waals surface area contributed by atoms with Gasteiger partial charge in [0.1, 0.15) is 5.56 Å². The predicted molar refractivity (Wildman–Crippen MR) is 74.0 cm³/mol. The van der Waals surface area contributed by atoms with Crippen LogP contribution in [0.3, 0.4) is 0 Å². The van der Waals surface area contributed by atoms with Crippen molar-refractivity contribution in [3.8, 4) is 5.75 Å². The molecule has 23 heavy (non-hydrogen) atoms. The summed E-state index contributed by atoms with van der Waals surface area (Å²) in [6, 6.07) is 0.804. The minimum atomic E-state index is -1.62. The second kappa shape index (κ2) is 5.36. The molecule has 120 valence electrons. The molecule has 11 heteroatoms. The maximum atomic E-state index is 11.6. The number of hydrogen-bond acceptors (Lipinski definition) is 8. The molecule has 0 bridgehead atoms. The highest BCUT2D eigenvalue weighted by atomic mass is 16.6. The fourth-order valence-corrected chi connectivity index (χ4v) is 2.17. The first-order chi connectivity index (χ1) is 10.7. The topological polar surface area (TPSA) is 163 Å². The van der Waals surface area contributed by atoms with E-state index >= 15 is 0 Å². The number of nitro benzene ring substituents is 2. The van der Waals surface area contributed by atoms with Crippen molar-refractivity contribution in [1.82, 2.24) is 0 Å². The van der Waals surface area contributed by atoms with E-state index in [1.54, 1.807) is 0 Å². The van der Waals surface area contributed by atoms with Crippen LogP contribution in [0.2, 0.25) is 0 Å². The molecule has 0 saturated heterocycles. The van der Waals surface area contributed by atoms with Gasteiger partial charge in [-0.15, -0.1) is 0 Å². The standard InChI is InChI=1S/C12H8N2O9/c1-4-5-3-6(11(15)16)12(17)23-9(5)8(14(20)21)10(22-2)7(4)13(18)19/h3H,1-2H3,(H,15,16). The van der Waals surface area contributed by atoms with E-state index in [2.05, 4.69) is 0 Å². The van der Waals surface area contributed by atoms with Crippen molar-refractivity contribution < 1.29 is 28.9 Å². The van der Waals surface area contributed by atoms with E-state index in [0.29, 0.717) is 0 Å². The van der Waals surface area contributed by atoms with E-state index in [4.69, 9.17) is 14.3 Å². The van der Waals surface area contributed by atoms with Crippen LogP contribution in [0.25, 0.3) is 11.0 Å².